The highest BCUT2D eigenvalue weighted by atomic mass is 35.5. The lowest BCUT2D eigenvalue weighted by molar-refractivity contribution is 0.0925. The minimum absolute atomic E-state index is 0.206. The van der Waals surface area contributed by atoms with Crippen LogP contribution < -0.4 is 5.32 Å². The highest BCUT2D eigenvalue weighted by Crippen LogP contribution is 2.14. The van der Waals surface area contributed by atoms with Crippen molar-refractivity contribution in [2.75, 3.05) is 19.8 Å². The van der Waals surface area contributed by atoms with Crippen LogP contribution in [-0.2, 0) is 4.74 Å². The summed E-state index contributed by atoms with van der Waals surface area (Å²) in [6.45, 7) is 6.12. The number of hydrogen-bond donors (Lipinski definition) is 1. The molecule has 0 bridgehead atoms. The fourth-order valence-electron chi connectivity index (χ4n) is 1.39. The van der Waals surface area contributed by atoms with E-state index in [-0.39, 0.29) is 16.2 Å². The summed E-state index contributed by atoms with van der Waals surface area (Å²) in [6.07, 6.45) is 0.769. The molecule has 0 saturated heterocycles. The minimum Gasteiger partial charge on any atom is -0.381 e. The Morgan fingerprint density at radius 2 is 2.00 bits per heavy atom. The molecule has 0 aliphatic heterocycles. The van der Waals surface area contributed by atoms with E-state index >= 15 is 0 Å². The van der Waals surface area contributed by atoms with Crippen molar-refractivity contribution >= 4 is 29.1 Å². The van der Waals surface area contributed by atoms with E-state index in [9.17, 15) is 4.79 Å². The van der Waals surface area contributed by atoms with Crippen LogP contribution in [0.2, 0.25) is 10.3 Å². The van der Waals surface area contributed by atoms with Crippen LogP contribution in [0.3, 0.4) is 0 Å². The van der Waals surface area contributed by atoms with E-state index in [1.807, 2.05) is 0 Å². The van der Waals surface area contributed by atoms with Crippen molar-refractivity contribution in [1.29, 1.82) is 0 Å². The molecular formula is C13H18Cl2N2O2. The zero-order valence-electron chi connectivity index (χ0n) is 11.1. The number of aromatic nitrogens is 1. The number of nitrogens with zero attached hydrogens (tertiary/aromatic N) is 1. The summed E-state index contributed by atoms with van der Waals surface area (Å²) in [5, 5.41) is 3.19. The van der Waals surface area contributed by atoms with E-state index in [0.717, 1.165) is 13.0 Å². The number of rotatable bonds is 7. The average Bonchev–Trinajstić information content (AvgIpc) is 2.31. The van der Waals surface area contributed by atoms with Gasteiger partial charge in [-0.15, -0.1) is 0 Å². The van der Waals surface area contributed by atoms with E-state index < -0.39 is 0 Å². The Labute approximate surface area is 123 Å². The summed E-state index contributed by atoms with van der Waals surface area (Å²) in [5.41, 5.74) is 0.410. The van der Waals surface area contributed by atoms with Gasteiger partial charge in [0, 0.05) is 25.3 Å². The molecule has 0 unspecified atom stereocenters. The second kappa shape index (κ2) is 8.35. The Morgan fingerprint density at radius 3 is 2.58 bits per heavy atom. The van der Waals surface area contributed by atoms with Gasteiger partial charge in [-0.05, 0) is 24.5 Å². The van der Waals surface area contributed by atoms with Crippen LogP contribution in [0.1, 0.15) is 30.6 Å². The Bertz CT molecular complexity index is 405. The molecule has 0 aliphatic carbocycles. The number of ether oxygens (including phenoxy) is 1. The van der Waals surface area contributed by atoms with Gasteiger partial charge in [-0.1, -0.05) is 37.0 Å². The molecule has 1 amide bonds. The van der Waals surface area contributed by atoms with Gasteiger partial charge in [0.15, 0.2) is 0 Å². The van der Waals surface area contributed by atoms with Gasteiger partial charge in [-0.25, -0.2) is 4.98 Å². The van der Waals surface area contributed by atoms with Crippen LogP contribution in [-0.4, -0.2) is 30.6 Å². The zero-order valence-corrected chi connectivity index (χ0v) is 12.6. The number of halogens is 2. The fourth-order valence-corrected chi connectivity index (χ4v) is 1.85. The quantitative estimate of drug-likeness (QED) is 0.622. The topological polar surface area (TPSA) is 51.2 Å². The van der Waals surface area contributed by atoms with Crippen LogP contribution in [0.25, 0.3) is 0 Å². The maximum absolute atomic E-state index is 11.8. The largest absolute Gasteiger partial charge is 0.381 e. The van der Waals surface area contributed by atoms with E-state index in [4.69, 9.17) is 27.9 Å². The third kappa shape index (κ3) is 6.76. The molecular weight excluding hydrogens is 287 g/mol. The monoisotopic (exact) mass is 304 g/mol. The lowest BCUT2D eigenvalue weighted by atomic mass is 10.2. The van der Waals surface area contributed by atoms with E-state index in [1.165, 1.54) is 12.1 Å². The van der Waals surface area contributed by atoms with Gasteiger partial charge >= 0.3 is 0 Å². The third-order valence-corrected chi connectivity index (χ3v) is 2.61. The molecule has 19 heavy (non-hydrogen) atoms. The van der Waals surface area contributed by atoms with Gasteiger partial charge in [-0.2, -0.15) is 0 Å². The zero-order chi connectivity index (χ0) is 14.3. The molecule has 0 saturated carbocycles. The van der Waals surface area contributed by atoms with Gasteiger partial charge in [0.1, 0.15) is 10.3 Å². The van der Waals surface area contributed by atoms with Crippen molar-refractivity contribution < 1.29 is 9.53 Å². The summed E-state index contributed by atoms with van der Waals surface area (Å²) < 4.78 is 5.42. The highest BCUT2D eigenvalue weighted by molar-refractivity contribution is 6.33. The standard InChI is InChI=1S/C13H18Cl2N2O2/c1-9(2)8-19-5-3-4-16-13(18)10-6-11(14)17-12(15)7-10/h6-7,9H,3-5,8H2,1-2H3,(H,16,18). The number of amides is 1. The Kier molecular flexibility index (Phi) is 7.13. The van der Waals surface area contributed by atoms with Crippen molar-refractivity contribution in [2.24, 2.45) is 5.92 Å². The predicted octanol–water partition coefficient (Wildman–Crippen LogP) is 3.18. The molecule has 1 aromatic heterocycles. The molecule has 0 radical (unpaired) electrons. The fraction of sp³-hybridized carbons (Fsp3) is 0.538. The molecule has 0 aliphatic rings. The minimum atomic E-state index is -0.213. The van der Waals surface area contributed by atoms with Crippen molar-refractivity contribution in [3.05, 3.63) is 28.0 Å². The summed E-state index contributed by atoms with van der Waals surface area (Å²) >= 11 is 11.5. The molecule has 4 nitrogen and oxygen atoms in total. The first-order valence-corrected chi connectivity index (χ1v) is 6.93. The van der Waals surface area contributed by atoms with Crippen LogP contribution in [0.4, 0.5) is 0 Å². The van der Waals surface area contributed by atoms with Gasteiger partial charge in [0.25, 0.3) is 5.91 Å². The molecule has 0 fully saturated rings. The smallest absolute Gasteiger partial charge is 0.251 e. The first kappa shape index (κ1) is 16.2. The lowest BCUT2D eigenvalue weighted by Crippen LogP contribution is -2.25. The van der Waals surface area contributed by atoms with Gasteiger partial charge in [0.2, 0.25) is 0 Å². The third-order valence-electron chi connectivity index (χ3n) is 2.23. The van der Waals surface area contributed by atoms with Crippen LogP contribution in [0, 0.1) is 5.92 Å². The van der Waals surface area contributed by atoms with E-state index in [2.05, 4.69) is 24.1 Å². The summed E-state index contributed by atoms with van der Waals surface area (Å²) in [7, 11) is 0. The Balaban J connectivity index is 2.27. The van der Waals surface area contributed by atoms with E-state index in [1.54, 1.807) is 0 Å². The van der Waals surface area contributed by atoms with Crippen molar-refractivity contribution in [2.45, 2.75) is 20.3 Å². The number of hydrogen-bond acceptors (Lipinski definition) is 3. The van der Waals surface area contributed by atoms with Gasteiger partial charge in [-0.3, -0.25) is 4.79 Å². The number of carbonyl (C=O) groups is 1. The average molecular weight is 305 g/mol. The van der Waals surface area contributed by atoms with Crippen molar-refractivity contribution in [1.82, 2.24) is 10.3 Å². The second-order valence-electron chi connectivity index (χ2n) is 4.58. The number of carbonyl (C=O) groups excluding carboxylic acids is 1. The summed E-state index contributed by atoms with van der Waals surface area (Å²) in [5.74, 6) is 0.311. The maximum atomic E-state index is 11.8. The molecule has 1 rings (SSSR count). The molecule has 1 aromatic rings. The molecule has 6 heteroatoms. The first-order valence-electron chi connectivity index (χ1n) is 6.18. The van der Waals surface area contributed by atoms with Gasteiger partial charge < -0.3 is 10.1 Å². The highest BCUT2D eigenvalue weighted by Gasteiger charge is 2.07. The Morgan fingerprint density at radius 1 is 1.37 bits per heavy atom. The van der Waals surface area contributed by atoms with Crippen LogP contribution in [0.15, 0.2) is 12.1 Å². The summed E-state index contributed by atoms with van der Waals surface area (Å²) in [6, 6.07) is 2.97. The molecule has 106 valence electrons. The SMILES string of the molecule is CC(C)COCCCNC(=O)c1cc(Cl)nc(Cl)c1. The Hall–Kier alpha value is -0.840. The van der Waals surface area contributed by atoms with Crippen LogP contribution >= 0.6 is 23.2 Å². The number of pyridine rings is 1. The van der Waals surface area contributed by atoms with Crippen molar-refractivity contribution in [3.63, 3.8) is 0 Å². The van der Waals surface area contributed by atoms with Crippen molar-refractivity contribution in [3.8, 4) is 0 Å². The molecule has 0 atom stereocenters. The normalized spacial score (nSPS) is 10.8. The first-order chi connectivity index (χ1) is 8.99. The number of nitrogens with one attached hydrogen (secondary N) is 1. The molecule has 0 aromatic carbocycles. The maximum Gasteiger partial charge on any atom is 0.251 e. The predicted molar refractivity (Wildman–Crippen MR) is 76.9 cm³/mol. The molecule has 1 heterocycles. The lowest BCUT2D eigenvalue weighted by Gasteiger charge is -2.08. The van der Waals surface area contributed by atoms with Crippen LogP contribution in [0.5, 0.6) is 0 Å². The van der Waals surface area contributed by atoms with Gasteiger partial charge in [0.05, 0.1) is 0 Å². The second-order valence-corrected chi connectivity index (χ2v) is 5.35. The molecule has 0 spiro atoms. The van der Waals surface area contributed by atoms with E-state index in [0.29, 0.717) is 24.6 Å². The summed E-state index contributed by atoms with van der Waals surface area (Å²) in [4.78, 5) is 15.6. The molecule has 1 N–H and O–H groups in total.